The van der Waals surface area contributed by atoms with E-state index in [-0.39, 0.29) is 17.9 Å². The van der Waals surface area contributed by atoms with Gasteiger partial charge in [-0.3, -0.25) is 4.79 Å². The Labute approximate surface area is 172 Å². The number of carbonyl (C=O) groups is 1. The van der Waals surface area contributed by atoms with Crippen molar-refractivity contribution in [2.45, 2.75) is 44.4 Å². The zero-order valence-corrected chi connectivity index (χ0v) is 17.8. The van der Waals surface area contributed by atoms with E-state index >= 15 is 0 Å². The molecule has 1 N–H and O–H groups in total. The van der Waals surface area contributed by atoms with Gasteiger partial charge in [0.2, 0.25) is 0 Å². The number of rotatable bonds is 7. The van der Waals surface area contributed by atoms with E-state index in [1.165, 1.54) is 30.4 Å². The zero-order chi connectivity index (χ0) is 20.3. The molecule has 2 nitrogen and oxygen atoms in total. The first-order chi connectivity index (χ1) is 13.4. The van der Waals surface area contributed by atoms with Crippen LogP contribution in [0.1, 0.15) is 48.0 Å². The largest absolute Gasteiger partial charge is 0.321 e. The SMILES string of the molecule is CCSc1c(C(=O)Nc2cc(C(F)(F)CC)ccc2CC)sc2ccccc12. The van der Waals surface area contributed by atoms with Crippen LogP contribution in [0.2, 0.25) is 0 Å². The van der Waals surface area contributed by atoms with Crippen LogP contribution in [-0.2, 0) is 12.3 Å². The molecule has 1 heterocycles. The molecule has 0 aliphatic rings. The second-order valence-electron chi connectivity index (χ2n) is 6.43. The second-order valence-corrected chi connectivity index (χ2v) is 8.75. The van der Waals surface area contributed by atoms with Crippen molar-refractivity contribution in [1.29, 1.82) is 0 Å². The molecule has 0 aliphatic heterocycles. The van der Waals surface area contributed by atoms with Crippen LogP contribution in [0.25, 0.3) is 10.1 Å². The summed E-state index contributed by atoms with van der Waals surface area (Å²) in [4.78, 5) is 14.7. The van der Waals surface area contributed by atoms with Crippen molar-refractivity contribution >= 4 is 44.8 Å². The monoisotopic (exact) mass is 419 g/mol. The lowest BCUT2D eigenvalue weighted by Gasteiger charge is -2.18. The van der Waals surface area contributed by atoms with E-state index in [9.17, 15) is 13.6 Å². The van der Waals surface area contributed by atoms with Crippen molar-refractivity contribution in [2.75, 3.05) is 11.1 Å². The summed E-state index contributed by atoms with van der Waals surface area (Å²) in [5.74, 6) is -2.31. The van der Waals surface area contributed by atoms with Crippen molar-refractivity contribution in [2.24, 2.45) is 0 Å². The molecule has 0 atom stereocenters. The molecule has 0 fully saturated rings. The fourth-order valence-corrected chi connectivity index (χ4v) is 5.28. The van der Waals surface area contributed by atoms with E-state index in [1.807, 2.05) is 38.1 Å². The normalized spacial score (nSPS) is 11.8. The minimum atomic E-state index is -2.91. The van der Waals surface area contributed by atoms with Crippen molar-refractivity contribution in [3.63, 3.8) is 0 Å². The number of aryl methyl sites for hydroxylation is 1. The molecule has 1 aromatic heterocycles. The lowest BCUT2D eigenvalue weighted by Crippen LogP contribution is -2.16. The molecule has 0 unspecified atom stereocenters. The van der Waals surface area contributed by atoms with E-state index < -0.39 is 5.92 Å². The number of fused-ring (bicyclic) bond motifs is 1. The van der Waals surface area contributed by atoms with Gasteiger partial charge in [-0.05, 0) is 29.9 Å². The first kappa shape index (κ1) is 20.8. The number of anilines is 1. The number of halogens is 2. The van der Waals surface area contributed by atoms with E-state index in [2.05, 4.69) is 5.32 Å². The molecular weight excluding hydrogens is 396 g/mol. The average Bonchev–Trinajstić information content (AvgIpc) is 3.07. The number of nitrogens with one attached hydrogen (secondary N) is 1. The Morgan fingerprint density at radius 3 is 2.57 bits per heavy atom. The lowest BCUT2D eigenvalue weighted by atomic mass is 10.0. The molecule has 0 aliphatic carbocycles. The maximum absolute atomic E-state index is 14.2. The molecule has 3 aromatic rings. The van der Waals surface area contributed by atoms with Crippen LogP contribution in [0.3, 0.4) is 0 Å². The van der Waals surface area contributed by atoms with Gasteiger partial charge in [-0.15, -0.1) is 23.1 Å². The highest BCUT2D eigenvalue weighted by atomic mass is 32.2. The van der Waals surface area contributed by atoms with E-state index in [4.69, 9.17) is 0 Å². The summed E-state index contributed by atoms with van der Waals surface area (Å²) in [5, 5.41) is 3.96. The van der Waals surface area contributed by atoms with E-state index in [0.717, 1.165) is 26.3 Å². The second kappa shape index (κ2) is 8.62. The Morgan fingerprint density at radius 1 is 1.14 bits per heavy atom. The Morgan fingerprint density at radius 2 is 1.89 bits per heavy atom. The average molecular weight is 420 g/mol. The summed E-state index contributed by atoms with van der Waals surface area (Å²) in [6, 6.07) is 12.5. The molecular formula is C22H23F2NOS2. The zero-order valence-electron chi connectivity index (χ0n) is 16.1. The lowest BCUT2D eigenvalue weighted by molar-refractivity contribution is -0.00825. The summed E-state index contributed by atoms with van der Waals surface area (Å²) in [6.07, 6.45) is 0.371. The number of carbonyl (C=O) groups excluding carboxylic acids is 1. The van der Waals surface area contributed by atoms with Gasteiger partial charge in [-0.2, -0.15) is 0 Å². The molecule has 0 saturated carbocycles. The van der Waals surface area contributed by atoms with Crippen LogP contribution >= 0.6 is 23.1 Å². The maximum atomic E-state index is 14.2. The van der Waals surface area contributed by atoms with Crippen molar-refractivity contribution in [1.82, 2.24) is 0 Å². The van der Waals surface area contributed by atoms with Gasteiger partial charge in [0.1, 0.15) is 4.88 Å². The number of thiophene rings is 1. The summed E-state index contributed by atoms with van der Waals surface area (Å²) in [5.41, 5.74) is 1.24. The summed E-state index contributed by atoms with van der Waals surface area (Å²) < 4.78 is 29.3. The number of amides is 1. The molecule has 1 amide bonds. The number of benzene rings is 2. The Kier molecular flexibility index (Phi) is 6.40. The van der Waals surface area contributed by atoms with Crippen LogP contribution in [0.5, 0.6) is 0 Å². The van der Waals surface area contributed by atoms with Gasteiger partial charge in [-0.1, -0.05) is 51.1 Å². The highest BCUT2D eigenvalue weighted by Crippen LogP contribution is 2.39. The van der Waals surface area contributed by atoms with Crippen molar-refractivity contribution in [3.8, 4) is 0 Å². The van der Waals surface area contributed by atoms with Crippen LogP contribution < -0.4 is 5.32 Å². The maximum Gasteiger partial charge on any atom is 0.273 e. The smallest absolute Gasteiger partial charge is 0.273 e. The van der Waals surface area contributed by atoms with Gasteiger partial charge in [0, 0.05) is 32.7 Å². The molecule has 148 valence electrons. The molecule has 0 bridgehead atoms. The van der Waals surface area contributed by atoms with E-state index in [0.29, 0.717) is 17.0 Å². The summed E-state index contributed by atoms with van der Waals surface area (Å²) >= 11 is 3.07. The van der Waals surface area contributed by atoms with Gasteiger partial charge in [0.15, 0.2) is 0 Å². The molecule has 0 saturated heterocycles. The third-order valence-corrected chi connectivity index (χ3v) is 6.95. The number of alkyl halides is 2. The standard InChI is InChI=1S/C22H23F2NOS2/c1-4-14-11-12-15(22(23,24)5-2)13-17(14)25-21(26)20-19(27-6-3)16-9-7-8-10-18(16)28-20/h7-13H,4-6H2,1-3H3,(H,25,26). The Bertz CT molecular complexity index is 997. The predicted molar refractivity (Wildman–Crippen MR) is 116 cm³/mol. The fraction of sp³-hybridized carbons (Fsp3) is 0.318. The van der Waals surface area contributed by atoms with Crippen LogP contribution in [0, 0.1) is 0 Å². The topological polar surface area (TPSA) is 29.1 Å². The van der Waals surface area contributed by atoms with Crippen LogP contribution in [0.15, 0.2) is 47.4 Å². The van der Waals surface area contributed by atoms with Crippen LogP contribution in [0.4, 0.5) is 14.5 Å². The first-order valence-electron chi connectivity index (χ1n) is 9.38. The van der Waals surface area contributed by atoms with Gasteiger partial charge < -0.3 is 5.32 Å². The predicted octanol–water partition coefficient (Wildman–Crippen LogP) is 7.33. The van der Waals surface area contributed by atoms with Gasteiger partial charge in [-0.25, -0.2) is 8.78 Å². The fourth-order valence-electron chi connectivity index (χ4n) is 3.07. The van der Waals surface area contributed by atoms with E-state index in [1.54, 1.807) is 17.8 Å². The highest BCUT2D eigenvalue weighted by Gasteiger charge is 2.30. The number of hydrogen-bond acceptors (Lipinski definition) is 3. The first-order valence-corrected chi connectivity index (χ1v) is 11.2. The summed E-state index contributed by atoms with van der Waals surface area (Å²) in [6.45, 7) is 5.45. The Balaban J connectivity index is 2.00. The molecule has 6 heteroatoms. The molecule has 3 rings (SSSR count). The van der Waals surface area contributed by atoms with Gasteiger partial charge >= 0.3 is 0 Å². The Hall–Kier alpha value is -1.92. The molecule has 2 aromatic carbocycles. The molecule has 28 heavy (non-hydrogen) atoms. The molecule has 0 spiro atoms. The quantitative estimate of drug-likeness (QED) is 0.406. The third-order valence-electron chi connectivity index (χ3n) is 4.65. The minimum absolute atomic E-state index is 0.0676. The third kappa shape index (κ3) is 4.08. The van der Waals surface area contributed by atoms with Gasteiger partial charge in [0.25, 0.3) is 11.8 Å². The van der Waals surface area contributed by atoms with Gasteiger partial charge in [0.05, 0.1) is 0 Å². The number of hydrogen-bond donors (Lipinski definition) is 1. The van der Waals surface area contributed by atoms with Crippen molar-refractivity contribution in [3.05, 3.63) is 58.5 Å². The van der Waals surface area contributed by atoms with Crippen molar-refractivity contribution < 1.29 is 13.6 Å². The summed E-state index contributed by atoms with van der Waals surface area (Å²) in [7, 11) is 0. The van der Waals surface area contributed by atoms with Crippen LogP contribution in [-0.4, -0.2) is 11.7 Å². The number of thioether (sulfide) groups is 1. The molecule has 0 radical (unpaired) electrons. The highest BCUT2D eigenvalue weighted by molar-refractivity contribution is 7.99. The minimum Gasteiger partial charge on any atom is -0.321 e.